The van der Waals surface area contributed by atoms with Gasteiger partial charge in [0, 0.05) is 114 Å². The minimum atomic E-state index is 0.242. The number of hydrogen-bond donors (Lipinski definition) is 0. The van der Waals surface area contributed by atoms with Gasteiger partial charge in [0.2, 0.25) is 0 Å². The zero-order valence-corrected chi connectivity index (χ0v) is 60.4. The molecule has 0 aliphatic carbocycles. The first kappa shape index (κ1) is 74.0. The second kappa shape index (κ2) is 37.1. The molecule has 102 heavy (non-hydrogen) atoms. The third kappa shape index (κ3) is 21.9. The molecule has 0 spiro atoms. The fourth-order valence-electron chi connectivity index (χ4n) is 11.8. The Kier molecular flexibility index (Phi) is 26.9. The van der Waals surface area contributed by atoms with Gasteiger partial charge in [-0.05, 0) is 159 Å². The highest BCUT2D eigenvalue weighted by molar-refractivity contribution is 5.47. The zero-order valence-electron chi connectivity index (χ0n) is 60.4. The summed E-state index contributed by atoms with van der Waals surface area (Å²) in [5.41, 5.74) is 8.23. The van der Waals surface area contributed by atoms with Crippen molar-refractivity contribution in [1.82, 2.24) is 14.7 Å². The minimum Gasteiger partial charge on any atom is -0.497 e. The van der Waals surface area contributed by atoms with Crippen LogP contribution < -0.4 is 85.3 Å². The summed E-state index contributed by atoms with van der Waals surface area (Å²) in [4.78, 5) is 7.48. The Morgan fingerprint density at radius 3 is 0.412 bits per heavy atom. The molecule has 10 rings (SSSR count). The molecule has 540 valence electrons. The quantitative estimate of drug-likeness (QED) is 0.0362. The zero-order chi connectivity index (χ0) is 71.7. The second-order valence-electron chi connectivity index (χ2n) is 24.3. The van der Waals surface area contributed by atoms with Crippen LogP contribution in [-0.2, 0) is 59.3 Å². The SMILES string of the molecule is COc1cc(COc2cc(CN3CCN(Cc4cc(OCc5cc(OC)cc(OC)c5)cc(OCc5cc(OC)cc(OC)c5)c4)CCN(Cc4cc(OCc5cc(OC)cc(OC)c5)cc(OCc5cc(OC)cc(OC)c5)c4)CC3)cc(OCc3cc(OC)cc(OC)c3)c2)cc(OC)c1. The van der Waals surface area contributed by atoms with E-state index in [0.717, 1.165) is 50.1 Å². The van der Waals surface area contributed by atoms with Gasteiger partial charge >= 0.3 is 0 Å². The van der Waals surface area contributed by atoms with Crippen molar-refractivity contribution >= 4 is 0 Å². The average Bonchev–Trinajstić information content (AvgIpc) is 1.04. The second-order valence-corrected chi connectivity index (χ2v) is 24.3. The molecular weight excluding hydrogens is 1300 g/mol. The Morgan fingerprint density at radius 2 is 0.284 bits per heavy atom. The van der Waals surface area contributed by atoms with Gasteiger partial charge in [-0.1, -0.05) is 0 Å². The van der Waals surface area contributed by atoms with Gasteiger partial charge in [-0.2, -0.15) is 0 Å². The van der Waals surface area contributed by atoms with E-state index in [4.69, 9.17) is 85.3 Å². The van der Waals surface area contributed by atoms with Crippen LogP contribution in [0.1, 0.15) is 50.1 Å². The summed E-state index contributed by atoms with van der Waals surface area (Å²) in [6.07, 6.45) is 0. The molecule has 9 aromatic rings. The van der Waals surface area contributed by atoms with Gasteiger partial charge < -0.3 is 85.3 Å². The van der Waals surface area contributed by atoms with Crippen molar-refractivity contribution in [2.24, 2.45) is 0 Å². The summed E-state index contributed by atoms with van der Waals surface area (Å²) < 4.78 is 107. The number of nitrogens with zero attached hydrogens (tertiary/aromatic N) is 3. The lowest BCUT2D eigenvalue weighted by Gasteiger charge is -2.26. The fourth-order valence-corrected chi connectivity index (χ4v) is 11.8. The number of ether oxygens (including phenoxy) is 18. The molecule has 0 atom stereocenters. The Morgan fingerprint density at radius 1 is 0.167 bits per heavy atom. The topological polar surface area (TPSA) is 176 Å². The predicted molar refractivity (Wildman–Crippen MR) is 388 cm³/mol. The van der Waals surface area contributed by atoms with Crippen molar-refractivity contribution in [3.8, 4) is 103 Å². The molecule has 1 aliphatic heterocycles. The summed E-state index contributed by atoms with van der Waals surface area (Å²) in [6.45, 7) is 7.40. The summed E-state index contributed by atoms with van der Waals surface area (Å²) in [5, 5.41) is 0. The highest BCUT2D eigenvalue weighted by Crippen LogP contribution is 2.35. The smallest absolute Gasteiger partial charge is 0.123 e. The van der Waals surface area contributed by atoms with Gasteiger partial charge in [-0.3, -0.25) is 14.7 Å². The van der Waals surface area contributed by atoms with Crippen LogP contribution in [0.5, 0.6) is 103 Å². The summed E-state index contributed by atoms with van der Waals surface area (Å²) >= 11 is 0. The highest BCUT2D eigenvalue weighted by atomic mass is 16.5. The fraction of sp³-hybridized carbons (Fsp3) is 0.333. The molecule has 0 bridgehead atoms. The number of rotatable bonds is 36. The van der Waals surface area contributed by atoms with E-state index in [1.807, 2.05) is 127 Å². The van der Waals surface area contributed by atoms with Crippen LogP contribution in [0, 0.1) is 0 Å². The number of hydrogen-bond acceptors (Lipinski definition) is 21. The summed E-state index contributed by atoms with van der Waals surface area (Å²) in [6, 6.07) is 52.6. The lowest BCUT2D eigenvalue weighted by atomic mass is 10.1. The molecule has 1 fully saturated rings. The summed E-state index contributed by atoms with van der Waals surface area (Å²) in [7, 11) is 19.6. The van der Waals surface area contributed by atoms with E-state index in [9.17, 15) is 0 Å². The van der Waals surface area contributed by atoms with Crippen LogP contribution in [0.15, 0.2) is 164 Å². The third-order valence-electron chi connectivity index (χ3n) is 17.1. The Labute approximate surface area is 598 Å². The standard InChI is InChI=1S/C81H93N3O18/c1-85-64-25-58(26-65(37-64)86-2)49-97-76-19-55(20-77(43-76)98-50-59-27-66(87-3)38-67(28-59)88-4)46-82-13-15-83(47-56-21-78(99-51-60-29-68(89-5)39-69(30-60)90-6)44-79(22-56)100-52-61-31-70(91-7)40-71(32-61)92-8)17-18-84(16-14-82)48-57-23-80(101-53-62-33-72(93-9)41-73(34-62)94-10)45-81(24-57)102-54-63-35-74(95-11)42-75(36-63)96-12/h19-45H,13-18,46-54H2,1-12H3. The number of benzene rings is 9. The van der Waals surface area contributed by atoms with Crippen molar-refractivity contribution < 1.29 is 85.3 Å². The molecule has 0 amide bonds. The highest BCUT2D eigenvalue weighted by Gasteiger charge is 2.22. The molecule has 0 aromatic heterocycles. The van der Waals surface area contributed by atoms with Crippen molar-refractivity contribution in [1.29, 1.82) is 0 Å². The molecule has 1 saturated heterocycles. The van der Waals surface area contributed by atoms with Crippen molar-refractivity contribution in [3.63, 3.8) is 0 Å². The van der Waals surface area contributed by atoms with Gasteiger partial charge in [0.1, 0.15) is 143 Å². The van der Waals surface area contributed by atoms with Crippen LogP contribution in [0.2, 0.25) is 0 Å². The van der Waals surface area contributed by atoms with E-state index >= 15 is 0 Å². The van der Waals surface area contributed by atoms with Crippen molar-refractivity contribution in [2.45, 2.75) is 59.3 Å². The molecule has 0 N–H and O–H groups in total. The summed E-state index contributed by atoms with van der Waals surface area (Å²) in [5.74, 6) is 11.7. The van der Waals surface area contributed by atoms with E-state index in [2.05, 4.69) is 51.1 Å². The molecule has 0 radical (unpaired) electrons. The molecule has 9 aromatic carbocycles. The Balaban J connectivity index is 0.992. The molecule has 21 heteroatoms. The molecule has 21 nitrogen and oxygen atoms in total. The monoisotopic (exact) mass is 1400 g/mol. The minimum absolute atomic E-state index is 0.242. The molecule has 0 unspecified atom stereocenters. The van der Waals surface area contributed by atoms with E-state index in [1.54, 1.807) is 85.3 Å². The van der Waals surface area contributed by atoms with E-state index in [0.29, 0.717) is 162 Å². The van der Waals surface area contributed by atoms with E-state index in [-0.39, 0.29) is 39.6 Å². The van der Waals surface area contributed by atoms with E-state index in [1.165, 1.54) is 0 Å². The van der Waals surface area contributed by atoms with Crippen LogP contribution in [0.4, 0.5) is 0 Å². The first-order valence-electron chi connectivity index (χ1n) is 33.4. The van der Waals surface area contributed by atoms with Crippen LogP contribution in [0.3, 0.4) is 0 Å². The maximum atomic E-state index is 6.66. The van der Waals surface area contributed by atoms with Crippen molar-refractivity contribution in [3.05, 3.63) is 214 Å². The van der Waals surface area contributed by atoms with Crippen molar-refractivity contribution in [2.75, 3.05) is 125 Å². The van der Waals surface area contributed by atoms with Gasteiger partial charge in [0.05, 0.1) is 85.3 Å². The van der Waals surface area contributed by atoms with Gasteiger partial charge in [-0.25, -0.2) is 0 Å². The molecule has 1 aliphatic rings. The van der Waals surface area contributed by atoms with E-state index < -0.39 is 0 Å². The lowest BCUT2D eigenvalue weighted by molar-refractivity contribution is 0.208. The molecule has 0 saturated carbocycles. The first-order chi connectivity index (χ1) is 49.7. The lowest BCUT2D eigenvalue weighted by Crippen LogP contribution is -2.35. The normalized spacial score (nSPS) is 12.7. The predicted octanol–water partition coefficient (Wildman–Crippen LogP) is 14.1. The van der Waals surface area contributed by atoms with Gasteiger partial charge in [-0.15, -0.1) is 0 Å². The first-order valence-corrected chi connectivity index (χ1v) is 33.4. The average molecular weight is 1400 g/mol. The molecule has 1 heterocycles. The maximum Gasteiger partial charge on any atom is 0.123 e. The van der Waals surface area contributed by atoms with Gasteiger partial charge in [0.25, 0.3) is 0 Å². The maximum absolute atomic E-state index is 6.66. The van der Waals surface area contributed by atoms with Crippen LogP contribution in [0.25, 0.3) is 0 Å². The molecular formula is C81H93N3O18. The Hall–Kier alpha value is -10.7. The van der Waals surface area contributed by atoms with Gasteiger partial charge in [0.15, 0.2) is 0 Å². The Bertz CT molecular complexity index is 3390. The number of methoxy groups -OCH3 is 12. The van der Waals surface area contributed by atoms with Crippen LogP contribution >= 0.6 is 0 Å². The third-order valence-corrected chi connectivity index (χ3v) is 17.1. The largest absolute Gasteiger partial charge is 0.497 e. The van der Waals surface area contributed by atoms with Crippen LogP contribution in [-0.4, -0.2) is 139 Å².